The van der Waals surface area contributed by atoms with E-state index in [1.165, 1.54) is 18.2 Å². The second kappa shape index (κ2) is 5.81. The van der Waals surface area contributed by atoms with Gasteiger partial charge in [0.1, 0.15) is 6.54 Å². The first-order valence-corrected chi connectivity index (χ1v) is 5.69. The number of halogens is 3. The highest BCUT2D eigenvalue weighted by Gasteiger charge is 2.30. The van der Waals surface area contributed by atoms with E-state index in [1.54, 1.807) is 6.92 Å². The van der Waals surface area contributed by atoms with Crippen LogP contribution in [0.4, 0.5) is 24.5 Å². The lowest BCUT2D eigenvalue weighted by Gasteiger charge is -2.26. The molecule has 0 unspecified atom stereocenters. The number of carbonyl (C=O) groups is 1. The van der Waals surface area contributed by atoms with Crippen LogP contribution in [-0.2, 0) is 0 Å². The maximum atomic E-state index is 12.5. The number of nitrogens with two attached hydrogens (primary N) is 1. The average Bonchev–Trinajstić information content (AvgIpc) is 2.27. The third-order valence-corrected chi connectivity index (χ3v) is 2.50. The minimum absolute atomic E-state index is 0.0275. The Morgan fingerprint density at radius 2 is 2.05 bits per heavy atom. The first-order chi connectivity index (χ1) is 8.74. The molecule has 0 radical (unpaired) electrons. The maximum Gasteiger partial charge on any atom is 0.405 e. The molecule has 0 aliphatic rings. The number of nitrogens with zero attached hydrogens (tertiary/aromatic N) is 1. The molecule has 1 aromatic carbocycles. The lowest BCUT2D eigenvalue weighted by atomic mass is 10.1. The summed E-state index contributed by atoms with van der Waals surface area (Å²) in [6, 6.07) is 3.86. The zero-order valence-electron chi connectivity index (χ0n) is 10.4. The summed E-state index contributed by atoms with van der Waals surface area (Å²) in [5.41, 5.74) is 5.50. The lowest BCUT2D eigenvalue weighted by molar-refractivity contribution is -0.119. The van der Waals surface area contributed by atoms with Crippen LogP contribution in [0.25, 0.3) is 0 Å². The first-order valence-electron chi connectivity index (χ1n) is 5.69. The van der Waals surface area contributed by atoms with Gasteiger partial charge in [-0.3, -0.25) is 0 Å². The summed E-state index contributed by atoms with van der Waals surface area (Å²) in [6.07, 6.45) is -3.83. The Kier molecular flexibility index (Phi) is 4.63. The van der Waals surface area contributed by atoms with Gasteiger partial charge in [-0.05, 0) is 24.6 Å². The summed E-state index contributed by atoms with van der Waals surface area (Å²) >= 11 is 0. The highest BCUT2D eigenvalue weighted by Crippen LogP contribution is 2.25. The fraction of sp³-hybridized carbons (Fsp3) is 0.417. The summed E-state index contributed by atoms with van der Waals surface area (Å²) in [5.74, 6) is -1.26. The van der Waals surface area contributed by atoms with Gasteiger partial charge in [0.25, 0.3) is 0 Å². The van der Waals surface area contributed by atoms with Crippen molar-refractivity contribution < 1.29 is 23.1 Å². The standard InChI is InChI=1S/C12H15F3N2O2/c1-2-5-17(7-12(13,14)15)8-3-4-10(16)9(6-8)11(18)19/h3-4,6H,2,5,7,16H2,1H3,(H,18,19). The van der Waals surface area contributed by atoms with Gasteiger partial charge in [0, 0.05) is 17.9 Å². The molecule has 0 atom stereocenters. The van der Waals surface area contributed by atoms with Gasteiger partial charge in [0.2, 0.25) is 0 Å². The SMILES string of the molecule is CCCN(CC(F)(F)F)c1ccc(N)c(C(=O)O)c1. The predicted molar refractivity (Wildman–Crippen MR) is 66.4 cm³/mol. The van der Waals surface area contributed by atoms with E-state index < -0.39 is 18.7 Å². The van der Waals surface area contributed by atoms with E-state index in [9.17, 15) is 18.0 Å². The van der Waals surface area contributed by atoms with E-state index >= 15 is 0 Å². The largest absolute Gasteiger partial charge is 0.478 e. The normalized spacial score (nSPS) is 11.4. The minimum Gasteiger partial charge on any atom is -0.478 e. The fourth-order valence-electron chi connectivity index (χ4n) is 1.71. The molecule has 4 nitrogen and oxygen atoms in total. The molecule has 0 saturated heterocycles. The van der Waals surface area contributed by atoms with E-state index in [2.05, 4.69) is 0 Å². The number of aromatic carboxylic acids is 1. The van der Waals surface area contributed by atoms with Crippen LogP contribution in [0.2, 0.25) is 0 Å². The number of hydrogen-bond acceptors (Lipinski definition) is 3. The molecule has 106 valence electrons. The molecular formula is C12H15F3N2O2. The van der Waals surface area contributed by atoms with Gasteiger partial charge in [-0.1, -0.05) is 6.92 Å². The number of carboxylic acids is 1. The topological polar surface area (TPSA) is 66.6 Å². The van der Waals surface area contributed by atoms with Crippen LogP contribution in [0.5, 0.6) is 0 Å². The fourth-order valence-corrected chi connectivity index (χ4v) is 1.71. The third kappa shape index (κ3) is 4.35. The van der Waals surface area contributed by atoms with Gasteiger partial charge in [-0.25, -0.2) is 4.79 Å². The van der Waals surface area contributed by atoms with Crippen LogP contribution < -0.4 is 10.6 Å². The molecule has 7 heteroatoms. The Morgan fingerprint density at radius 3 is 2.53 bits per heavy atom. The Hall–Kier alpha value is -1.92. The molecule has 1 rings (SSSR count). The highest BCUT2D eigenvalue weighted by molar-refractivity contribution is 5.94. The minimum atomic E-state index is -4.35. The molecule has 0 aliphatic carbocycles. The number of benzene rings is 1. The van der Waals surface area contributed by atoms with Crippen LogP contribution in [-0.4, -0.2) is 30.3 Å². The molecule has 0 saturated carbocycles. The Balaban J connectivity index is 3.09. The van der Waals surface area contributed by atoms with Crippen molar-refractivity contribution in [1.29, 1.82) is 0 Å². The summed E-state index contributed by atoms with van der Waals surface area (Å²) in [5, 5.41) is 8.91. The number of hydrogen-bond donors (Lipinski definition) is 2. The van der Waals surface area contributed by atoms with Crippen molar-refractivity contribution in [2.24, 2.45) is 0 Å². The van der Waals surface area contributed by atoms with E-state index in [0.29, 0.717) is 6.42 Å². The predicted octanol–water partition coefficient (Wildman–Crippen LogP) is 2.75. The van der Waals surface area contributed by atoms with Gasteiger partial charge in [0.15, 0.2) is 0 Å². The summed E-state index contributed by atoms with van der Waals surface area (Å²) in [4.78, 5) is 12.0. The molecule has 1 aromatic rings. The lowest BCUT2D eigenvalue weighted by Crippen LogP contribution is -2.35. The number of nitrogen functional groups attached to an aromatic ring is 1. The Bertz CT molecular complexity index is 461. The molecule has 0 aliphatic heterocycles. The average molecular weight is 276 g/mol. The van der Waals surface area contributed by atoms with Gasteiger partial charge in [-0.15, -0.1) is 0 Å². The zero-order chi connectivity index (χ0) is 14.6. The smallest absolute Gasteiger partial charge is 0.405 e. The second-order valence-electron chi connectivity index (χ2n) is 4.11. The molecule has 0 spiro atoms. The molecule has 0 amide bonds. The summed E-state index contributed by atoms with van der Waals surface area (Å²) in [7, 11) is 0. The van der Waals surface area contributed by atoms with Crippen LogP contribution in [0.15, 0.2) is 18.2 Å². The van der Waals surface area contributed by atoms with E-state index in [4.69, 9.17) is 10.8 Å². The third-order valence-electron chi connectivity index (χ3n) is 2.50. The van der Waals surface area contributed by atoms with Crippen LogP contribution in [0.1, 0.15) is 23.7 Å². The van der Waals surface area contributed by atoms with Crippen molar-refractivity contribution in [3.05, 3.63) is 23.8 Å². The molecule has 3 N–H and O–H groups in total. The molecule has 19 heavy (non-hydrogen) atoms. The van der Waals surface area contributed by atoms with E-state index in [0.717, 1.165) is 4.90 Å². The molecule has 0 bridgehead atoms. The monoisotopic (exact) mass is 276 g/mol. The highest BCUT2D eigenvalue weighted by atomic mass is 19.4. The van der Waals surface area contributed by atoms with Crippen LogP contribution >= 0.6 is 0 Å². The van der Waals surface area contributed by atoms with E-state index in [-0.39, 0.29) is 23.5 Å². The van der Waals surface area contributed by atoms with Crippen molar-refractivity contribution in [3.63, 3.8) is 0 Å². The van der Waals surface area contributed by atoms with Gasteiger partial charge in [0.05, 0.1) is 5.56 Å². The summed E-state index contributed by atoms with van der Waals surface area (Å²) in [6.45, 7) is 0.811. The number of alkyl halides is 3. The van der Waals surface area contributed by atoms with Gasteiger partial charge in [-0.2, -0.15) is 13.2 Å². The van der Waals surface area contributed by atoms with Crippen molar-refractivity contribution in [2.75, 3.05) is 23.7 Å². The van der Waals surface area contributed by atoms with Crippen molar-refractivity contribution in [2.45, 2.75) is 19.5 Å². The molecule has 0 fully saturated rings. The Labute approximate surface area is 108 Å². The van der Waals surface area contributed by atoms with Crippen molar-refractivity contribution >= 4 is 17.3 Å². The van der Waals surface area contributed by atoms with Crippen molar-refractivity contribution in [1.82, 2.24) is 0 Å². The molecule has 0 heterocycles. The second-order valence-corrected chi connectivity index (χ2v) is 4.11. The number of carboxylic acid groups (broad SMARTS) is 1. The maximum absolute atomic E-state index is 12.5. The van der Waals surface area contributed by atoms with Gasteiger partial charge < -0.3 is 15.7 Å². The molecular weight excluding hydrogens is 261 g/mol. The summed E-state index contributed by atoms with van der Waals surface area (Å²) < 4.78 is 37.4. The zero-order valence-corrected chi connectivity index (χ0v) is 10.4. The Morgan fingerprint density at radius 1 is 1.42 bits per heavy atom. The quantitative estimate of drug-likeness (QED) is 0.811. The number of anilines is 2. The van der Waals surface area contributed by atoms with Crippen molar-refractivity contribution in [3.8, 4) is 0 Å². The van der Waals surface area contributed by atoms with Crippen LogP contribution in [0.3, 0.4) is 0 Å². The molecule has 0 aromatic heterocycles. The first kappa shape index (κ1) is 15.1. The van der Waals surface area contributed by atoms with Gasteiger partial charge >= 0.3 is 12.1 Å². The van der Waals surface area contributed by atoms with E-state index in [1.807, 2.05) is 0 Å². The number of rotatable bonds is 5. The van der Waals surface area contributed by atoms with Crippen LogP contribution in [0, 0.1) is 0 Å².